The van der Waals surface area contributed by atoms with Crippen LogP contribution in [-0.2, 0) is 4.79 Å². The Kier molecular flexibility index (Phi) is 3.06. The maximum absolute atomic E-state index is 11.9. The van der Waals surface area contributed by atoms with Gasteiger partial charge >= 0.3 is 0 Å². The molecule has 1 aliphatic carbocycles. The van der Waals surface area contributed by atoms with Crippen LogP contribution in [0, 0.1) is 11.8 Å². The monoisotopic (exact) mass is 196 g/mol. The van der Waals surface area contributed by atoms with Crippen LogP contribution in [0.2, 0.25) is 0 Å². The first-order valence-electron chi connectivity index (χ1n) is 5.73. The van der Waals surface area contributed by atoms with Crippen molar-refractivity contribution in [3.8, 4) is 0 Å². The quantitative estimate of drug-likeness (QED) is 0.726. The minimum Gasteiger partial charge on any atom is -0.345 e. The molecular weight excluding hydrogens is 176 g/mol. The number of hydrogen-bond acceptors (Lipinski definition) is 2. The van der Waals surface area contributed by atoms with Gasteiger partial charge in [-0.25, -0.2) is 0 Å². The van der Waals surface area contributed by atoms with Crippen LogP contribution < -0.4 is 5.32 Å². The van der Waals surface area contributed by atoms with Crippen molar-refractivity contribution < 1.29 is 4.79 Å². The summed E-state index contributed by atoms with van der Waals surface area (Å²) in [6, 6.07) is 0. The van der Waals surface area contributed by atoms with Gasteiger partial charge in [-0.2, -0.15) is 0 Å². The first-order valence-corrected chi connectivity index (χ1v) is 5.73. The standard InChI is InChI=1S/C11H20N2O/c1-13(8-9-4-5-9)11(14)10-3-2-6-12-7-10/h9-10,12H,2-8H2,1H3/t10-/m1/s1. The lowest BCUT2D eigenvalue weighted by molar-refractivity contribution is -0.134. The van der Waals surface area contributed by atoms with Gasteiger partial charge in [-0.3, -0.25) is 4.79 Å². The van der Waals surface area contributed by atoms with E-state index in [1.807, 2.05) is 11.9 Å². The molecule has 14 heavy (non-hydrogen) atoms. The summed E-state index contributed by atoms with van der Waals surface area (Å²) in [5.41, 5.74) is 0. The van der Waals surface area contributed by atoms with Crippen LogP contribution in [0.4, 0.5) is 0 Å². The van der Waals surface area contributed by atoms with E-state index in [1.54, 1.807) is 0 Å². The molecule has 0 spiro atoms. The van der Waals surface area contributed by atoms with Crippen molar-refractivity contribution in [2.75, 3.05) is 26.7 Å². The van der Waals surface area contributed by atoms with Crippen molar-refractivity contribution in [2.24, 2.45) is 11.8 Å². The van der Waals surface area contributed by atoms with E-state index >= 15 is 0 Å². The summed E-state index contributed by atoms with van der Waals surface area (Å²) in [5, 5.41) is 3.29. The Hall–Kier alpha value is -0.570. The van der Waals surface area contributed by atoms with Crippen molar-refractivity contribution in [1.29, 1.82) is 0 Å². The average Bonchev–Trinajstić information content (AvgIpc) is 3.02. The van der Waals surface area contributed by atoms with E-state index in [-0.39, 0.29) is 5.92 Å². The summed E-state index contributed by atoms with van der Waals surface area (Å²) in [7, 11) is 1.95. The molecule has 1 amide bonds. The molecule has 2 aliphatic rings. The second-order valence-electron chi connectivity index (χ2n) is 4.71. The average molecular weight is 196 g/mol. The van der Waals surface area contributed by atoms with Crippen LogP contribution >= 0.6 is 0 Å². The Labute approximate surface area is 85.8 Å². The highest BCUT2D eigenvalue weighted by atomic mass is 16.2. The van der Waals surface area contributed by atoms with E-state index in [9.17, 15) is 4.79 Å². The predicted molar refractivity (Wildman–Crippen MR) is 56.0 cm³/mol. The van der Waals surface area contributed by atoms with E-state index in [0.29, 0.717) is 5.91 Å². The van der Waals surface area contributed by atoms with Gasteiger partial charge in [-0.1, -0.05) is 0 Å². The summed E-state index contributed by atoms with van der Waals surface area (Å²) in [6.45, 7) is 2.94. The van der Waals surface area contributed by atoms with Gasteiger partial charge in [0.25, 0.3) is 0 Å². The highest BCUT2D eigenvalue weighted by molar-refractivity contribution is 5.78. The first-order chi connectivity index (χ1) is 6.77. The van der Waals surface area contributed by atoms with Gasteiger partial charge in [0.2, 0.25) is 5.91 Å². The molecule has 0 unspecified atom stereocenters. The molecule has 2 fully saturated rings. The lowest BCUT2D eigenvalue weighted by atomic mass is 9.98. The SMILES string of the molecule is CN(CC1CC1)C(=O)[C@@H]1CCCNC1. The summed E-state index contributed by atoms with van der Waals surface area (Å²) in [6.07, 6.45) is 4.86. The van der Waals surface area contributed by atoms with Crippen molar-refractivity contribution in [3.05, 3.63) is 0 Å². The normalized spacial score (nSPS) is 27.4. The third-order valence-corrected chi connectivity index (χ3v) is 3.25. The Morgan fingerprint density at radius 3 is 2.79 bits per heavy atom. The van der Waals surface area contributed by atoms with Crippen LogP contribution in [0.3, 0.4) is 0 Å². The lowest BCUT2D eigenvalue weighted by Gasteiger charge is -2.27. The van der Waals surface area contributed by atoms with Gasteiger partial charge in [0, 0.05) is 20.1 Å². The van der Waals surface area contributed by atoms with Crippen molar-refractivity contribution >= 4 is 5.91 Å². The number of carbonyl (C=O) groups excluding carboxylic acids is 1. The van der Waals surface area contributed by atoms with E-state index < -0.39 is 0 Å². The zero-order valence-corrected chi connectivity index (χ0v) is 8.96. The van der Waals surface area contributed by atoms with E-state index in [1.165, 1.54) is 12.8 Å². The minimum atomic E-state index is 0.243. The van der Waals surface area contributed by atoms with Gasteiger partial charge in [-0.15, -0.1) is 0 Å². The zero-order valence-electron chi connectivity index (χ0n) is 8.96. The summed E-state index contributed by atoms with van der Waals surface area (Å²) in [5.74, 6) is 1.40. The second-order valence-corrected chi connectivity index (χ2v) is 4.71. The molecule has 0 bridgehead atoms. The van der Waals surface area contributed by atoms with Gasteiger partial charge < -0.3 is 10.2 Å². The van der Waals surface area contributed by atoms with Crippen LogP contribution in [0.15, 0.2) is 0 Å². The Morgan fingerprint density at radius 1 is 1.43 bits per heavy atom. The minimum absolute atomic E-state index is 0.243. The van der Waals surface area contributed by atoms with E-state index in [4.69, 9.17) is 0 Å². The summed E-state index contributed by atoms with van der Waals surface area (Å²) in [4.78, 5) is 13.9. The molecule has 1 aliphatic heterocycles. The first kappa shape index (κ1) is 9.97. The number of nitrogens with one attached hydrogen (secondary N) is 1. The second kappa shape index (κ2) is 4.30. The molecule has 1 saturated heterocycles. The van der Waals surface area contributed by atoms with Crippen molar-refractivity contribution in [2.45, 2.75) is 25.7 Å². The molecule has 3 nitrogen and oxygen atoms in total. The fraction of sp³-hybridized carbons (Fsp3) is 0.909. The number of carbonyl (C=O) groups is 1. The molecule has 1 N–H and O–H groups in total. The maximum atomic E-state index is 11.9. The van der Waals surface area contributed by atoms with E-state index in [0.717, 1.165) is 38.4 Å². The molecule has 0 aromatic rings. The van der Waals surface area contributed by atoms with Gasteiger partial charge in [-0.05, 0) is 38.1 Å². The third-order valence-electron chi connectivity index (χ3n) is 3.25. The largest absolute Gasteiger partial charge is 0.345 e. The smallest absolute Gasteiger partial charge is 0.226 e. The Balaban J connectivity index is 1.79. The molecule has 1 heterocycles. The summed E-state index contributed by atoms with van der Waals surface area (Å²) < 4.78 is 0. The molecular formula is C11H20N2O. The van der Waals surface area contributed by atoms with Gasteiger partial charge in [0.1, 0.15) is 0 Å². The van der Waals surface area contributed by atoms with Crippen molar-refractivity contribution in [3.63, 3.8) is 0 Å². The molecule has 1 saturated carbocycles. The number of rotatable bonds is 3. The highest BCUT2D eigenvalue weighted by Crippen LogP contribution is 2.29. The zero-order chi connectivity index (χ0) is 9.97. The lowest BCUT2D eigenvalue weighted by Crippen LogP contribution is -2.42. The Morgan fingerprint density at radius 2 is 2.21 bits per heavy atom. The maximum Gasteiger partial charge on any atom is 0.226 e. The highest BCUT2D eigenvalue weighted by Gasteiger charge is 2.28. The molecule has 3 heteroatoms. The van der Waals surface area contributed by atoms with Crippen LogP contribution in [-0.4, -0.2) is 37.5 Å². The molecule has 1 atom stereocenters. The molecule has 0 radical (unpaired) electrons. The number of piperidine rings is 1. The molecule has 0 aromatic carbocycles. The van der Waals surface area contributed by atoms with Crippen LogP contribution in [0.1, 0.15) is 25.7 Å². The fourth-order valence-corrected chi connectivity index (χ4v) is 2.15. The van der Waals surface area contributed by atoms with E-state index in [2.05, 4.69) is 5.32 Å². The van der Waals surface area contributed by atoms with Gasteiger partial charge in [0.15, 0.2) is 0 Å². The topological polar surface area (TPSA) is 32.3 Å². The fourth-order valence-electron chi connectivity index (χ4n) is 2.15. The predicted octanol–water partition coefficient (Wildman–Crippen LogP) is 0.854. The summed E-state index contributed by atoms with van der Waals surface area (Å²) >= 11 is 0. The van der Waals surface area contributed by atoms with Crippen molar-refractivity contribution in [1.82, 2.24) is 10.2 Å². The van der Waals surface area contributed by atoms with Crippen LogP contribution in [0.25, 0.3) is 0 Å². The number of nitrogens with zero attached hydrogens (tertiary/aromatic N) is 1. The molecule has 80 valence electrons. The molecule has 2 rings (SSSR count). The van der Waals surface area contributed by atoms with Gasteiger partial charge in [0.05, 0.1) is 5.92 Å². The van der Waals surface area contributed by atoms with Crippen LogP contribution in [0.5, 0.6) is 0 Å². The number of hydrogen-bond donors (Lipinski definition) is 1. The molecule has 0 aromatic heterocycles. The Bertz CT molecular complexity index is 207. The number of amides is 1. The third kappa shape index (κ3) is 2.47.